The van der Waals surface area contributed by atoms with E-state index >= 15 is 0 Å². The normalized spacial score (nSPS) is 13.1. The van der Waals surface area contributed by atoms with Gasteiger partial charge in [-0.1, -0.05) is 30.3 Å². The highest BCUT2D eigenvalue weighted by Gasteiger charge is 2.28. The first-order valence-corrected chi connectivity index (χ1v) is 17.8. The summed E-state index contributed by atoms with van der Waals surface area (Å²) in [5.74, 6) is 0.295. The Morgan fingerprint density at radius 2 is 1.87 bits per heavy atom. The van der Waals surface area contributed by atoms with Gasteiger partial charge in [-0.15, -0.1) is 0 Å². The van der Waals surface area contributed by atoms with Gasteiger partial charge in [0.1, 0.15) is 18.1 Å². The third-order valence-corrected chi connectivity index (χ3v) is 9.68. The topological polar surface area (TPSA) is 155 Å². The summed E-state index contributed by atoms with van der Waals surface area (Å²) in [5.41, 5.74) is 5.55. The number of rotatable bonds is 12. The van der Waals surface area contributed by atoms with Crippen LogP contribution in [-0.2, 0) is 27.9 Å². The Morgan fingerprint density at radius 3 is 2.69 bits per heavy atom. The van der Waals surface area contributed by atoms with Crippen LogP contribution in [0.15, 0.2) is 90.0 Å². The average Bonchev–Trinajstić information content (AvgIpc) is 3.90. The molecule has 1 saturated heterocycles. The zero-order chi connectivity index (χ0) is 37.9. The number of benzene rings is 3. The quantitative estimate of drug-likeness (QED) is 0.104. The molecule has 1 aliphatic rings. The van der Waals surface area contributed by atoms with Crippen molar-refractivity contribution in [1.82, 2.24) is 30.1 Å². The van der Waals surface area contributed by atoms with Gasteiger partial charge in [0, 0.05) is 80.4 Å². The number of furan rings is 1. The third-order valence-electron chi connectivity index (χ3n) is 9.37. The summed E-state index contributed by atoms with van der Waals surface area (Å²) in [4.78, 5) is 60.7. The second kappa shape index (κ2) is 15.3. The van der Waals surface area contributed by atoms with Crippen molar-refractivity contribution in [3.63, 3.8) is 0 Å². The number of nitrogens with one attached hydrogen (secondary N) is 3. The number of nitrogens with zero attached hydrogens (tertiary/aromatic N) is 4. The Hall–Kier alpha value is -6.34. The fourth-order valence-corrected chi connectivity index (χ4v) is 6.69. The maximum atomic E-state index is 13.1. The van der Waals surface area contributed by atoms with Crippen LogP contribution in [0.4, 0.5) is 5.88 Å². The van der Waals surface area contributed by atoms with E-state index in [1.54, 1.807) is 30.3 Å². The number of aryl methyl sites for hydroxylation is 3. The highest BCUT2D eigenvalue weighted by atomic mass is 35.5. The van der Waals surface area contributed by atoms with Crippen molar-refractivity contribution in [3.05, 3.63) is 107 Å². The first kappa shape index (κ1) is 36.0. The molecule has 3 aromatic heterocycles. The Morgan fingerprint density at radius 1 is 1.04 bits per heavy atom. The van der Waals surface area contributed by atoms with E-state index in [1.165, 1.54) is 15.9 Å². The Bertz CT molecular complexity index is 2430. The number of anilines is 1. The summed E-state index contributed by atoms with van der Waals surface area (Å²) < 4.78 is 13.9. The fourth-order valence-electron chi connectivity index (χ4n) is 6.41. The lowest BCUT2D eigenvalue weighted by atomic mass is 10.0. The Kier molecular flexibility index (Phi) is 10.2. The number of halogens is 1. The molecule has 0 atom stereocenters. The first-order valence-electron chi connectivity index (χ1n) is 17.4. The van der Waals surface area contributed by atoms with E-state index in [9.17, 15) is 19.2 Å². The number of hydrogen-bond acceptors (Lipinski definition) is 7. The highest BCUT2D eigenvalue weighted by molar-refractivity contribution is 6.34. The lowest BCUT2D eigenvalue weighted by Crippen LogP contribution is -2.52. The maximum absolute atomic E-state index is 13.1. The predicted molar refractivity (Wildman–Crippen MR) is 206 cm³/mol. The lowest BCUT2D eigenvalue weighted by Gasteiger charge is -2.32. The van der Waals surface area contributed by atoms with Crippen molar-refractivity contribution in [2.45, 2.75) is 19.8 Å². The minimum Gasteiger partial charge on any atom is -0.445 e. The number of carbonyl (C=O) groups excluding carboxylic acids is 4. The zero-order valence-corrected chi connectivity index (χ0v) is 30.5. The molecule has 6 aromatic rings. The van der Waals surface area contributed by atoms with Gasteiger partial charge in [0.15, 0.2) is 0 Å². The highest BCUT2D eigenvalue weighted by Crippen LogP contribution is 2.35. The van der Waals surface area contributed by atoms with Gasteiger partial charge in [-0.3, -0.25) is 24.1 Å². The van der Waals surface area contributed by atoms with E-state index in [-0.39, 0.29) is 55.7 Å². The molecule has 54 heavy (non-hydrogen) atoms. The number of fused-ring (bicyclic) bond motifs is 2. The van der Waals surface area contributed by atoms with Gasteiger partial charge in [0.25, 0.3) is 11.9 Å². The van der Waals surface area contributed by atoms with Crippen LogP contribution in [0, 0.1) is 6.92 Å². The van der Waals surface area contributed by atoms with Crippen LogP contribution >= 0.6 is 11.6 Å². The summed E-state index contributed by atoms with van der Waals surface area (Å²) in [7, 11) is 2.01. The van der Waals surface area contributed by atoms with Gasteiger partial charge in [0.05, 0.1) is 16.1 Å². The monoisotopic (exact) mass is 747 g/mol. The summed E-state index contributed by atoms with van der Waals surface area (Å²) >= 11 is 6.70. The van der Waals surface area contributed by atoms with Crippen molar-refractivity contribution in [1.29, 1.82) is 0 Å². The second-order valence-electron chi connectivity index (χ2n) is 13.0. The number of H-pyrrole nitrogens is 1. The largest absolute Gasteiger partial charge is 0.445 e. The van der Waals surface area contributed by atoms with Gasteiger partial charge in [-0.25, -0.2) is 0 Å². The molecule has 7 rings (SSSR count). The van der Waals surface area contributed by atoms with Crippen LogP contribution in [0.3, 0.4) is 0 Å². The predicted octanol–water partition coefficient (Wildman–Crippen LogP) is 5.91. The molecule has 0 aliphatic carbocycles. The summed E-state index contributed by atoms with van der Waals surface area (Å²) in [6.45, 7) is 6.37. The molecule has 3 aromatic carbocycles. The first-order chi connectivity index (χ1) is 26.1. The number of imidazole rings is 1. The van der Waals surface area contributed by atoms with Crippen molar-refractivity contribution in [2.75, 3.05) is 37.6 Å². The molecule has 1 fully saturated rings. The number of ether oxygens (including phenoxy) is 1. The molecule has 0 bridgehead atoms. The van der Waals surface area contributed by atoms with Crippen LogP contribution < -0.4 is 20.3 Å². The van der Waals surface area contributed by atoms with E-state index in [0.717, 1.165) is 27.6 Å². The van der Waals surface area contributed by atoms with E-state index in [1.807, 2.05) is 38.4 Å². The SMILES string of the molecule is C=CC(=O)N1CCN(c2ccc(CCC(=O)NCCNC(=O)c3cc(Oc4nc5cc(-c6ccc7c(ccn7C)c6)c(Cl)cc5[nH]4)ccc3C)o2)C(=O)C1. The van der Waals surface area contributed by atoms with Crippen molar-refractivity contribution in [3.8, 4) is 22.9 Å². The molecule has 276 valence electrons. The van der Waals surface area contributed by atoms with Gasteiger partial charge < -0.3 is 34.2 Å². The van der Waals surface area contributed by atoms with Crippen LogP contribution in [0.1, 0.15) is 28.1 Å². The van der Waals surface area contributed by atoms with E-state index in [4.69, 9.17) is 20.8 Å². The molecule has 0 spiro atoms. The number of aromatic nitrogens is 3. The Labute approximate surface area is 315 Å². The molecular formula is C40H38ClN7O6. The summed E-state index contributed by atoms with van der Waals surface area (Å²) in [6, 6.07) is 20.9. The standard InChI is InChI=1S/C40H38ClN7O6/c1-4-36(50)47-17-18-48(37(51)23-47)38-12-9-27(53-38)8-11-35(49)42-14-15-43-39(52)29-20-28(7-5-24(29)2)54-40-44-32-21-30(31(41)22-33(32)45-40)25-6-10-34-26(19-25)13-16-46(34)3/h4-7,9-10,12-13,16,19-22H,1,8,11,14-15,17-18,23H2,2-3H3,(H,42,49)(H,43,52)(H,44,45). The minimum absolute atomic E-state index is 0.0495. The summed E-state index contributed by atoms with van der Waals surface area (Å²) in [5, 5.41) is 7.34. The molecule has 0 unspecified atom stereocenters. The smallest absolute Gasteiger partial charge is 0.300 e. The minimum atomic E-state index is -0.309. The van der Waals surface area contributed by atoms with Crippen LogP contribution in [0.25, 0.3) is 33.1 Å². The number of hydrogen-bond donors (Lipinski definition) is 3. The van der Waals surface area contributed by atoms with Crippen molar-refractivity contribution in [2.24, 2.45) is 7.05 Å². The molecule has 4 heterocycles. The molecule has 3 N–H and O–H groups in total. The van der Waals surface area contributed by atoms with Crippen LogP contribution in [-0.4, -0.2) is 75.8 Å². The molecule has 13 nitrogen and oxygen atoms in total. The summed E-state index contributed by atoms with van der Waals surface area (Å²) in [6.07, 6.45) is 3.70. The van der Waals surface area contributed by atoms with Gasteiger partial charge in [-0.2, -0.15) is 4.98 Å². The second-order valence-corrected chi connectivity index (χ2v) is 13.4. The van der Waals surface area contributed by atoms with E-state index in [2.05, 4.69) is 49.9 Å². The molecule has 14 heteroatoms. The number of amides is 4. The fraction of sp³-hybridized carbons (Fsp3) is 0.225. The van der Waals surface area contributed by atoms with Crippen molar-refractivity contribution < 1.29 is 28.3 Å². The zero-order valence-electron chi connectivity index (χ0n) is 29.8. The number of piperazine rings is 1. The molecule has 4 amide bonds. The number of aromatic amines is 1. The number of carbonyl (C=O) groups is 4. The molecule has 1 aliphatic heterocycles. The van der Waals surface area contributed by atoms with Crippen molar-refractivity contribution >= 4 is 63.1 Å². The van der Waals surface area contributed by atoms with Gasteiger partial charge >= 0.3 is 0 Å². The van der Waals surface area contributed by atoms with Crippen LogP contribution in [0.2, 0.25) is 5.02 Å². The van der Waals surface area contributed by atoms with E-state index < -0.39 is 0 Å². The molecule has 0 saturated carbocycles. The lowest BCUT2D eigenvalue weighted by molar-refractivity contribution is -0.133. The van der Waals surface area contributed by atoms with Crippen LogP contribution in [0.5, 0.6) is 11.8 Å². The third kappa shape index (κ3) is 7.71. The van der Waals surface area contributed by atoms with E-state index in [0.29, 0.717) is 58.5 Å². The maximum Gasteiger partial charge on any atom is 0.300 e. The Balaban J connectivity index is 0.890. The van der Waals surface area contributed by atoms with Gasteiger partial charge in [0.2, 0.25) is 23.6 Å². The molecule has 0 radical (unpaired) electrons. The average molecular weight is 748 g/mol. The molecular weight excluding hydrogens is 710 g/mol. The van der Waals surface area contributed by atoms with Gasteiger partial charge in [-0.05, 0) is 72.7 Å².